The molecule has 2 heteroatoms. The van der Waals surface area contributed by atoms with E-state index in [0.717, 1.165) is 12.3 Å². The van der Waals surface area contributed by atoms with Gasteiger partial charge in [0.05, 0.1) is 7.11 Å². The Kier molecular flexibility index (Phi) is 3.09. The third-order valence-electron chi connectivity index (χ3n) is 5.28. The molecule has 104 valence electrons. The van der Waals surface area contributed by atoms with Crippen molar-refractivity contribution >= 4 is 0 Å². The van der Waals surface area contributed by atoms with Crippen molar-refractivity contribution in [2.24, 2.45) is 5.41 Å². The number of benzene rings is 1. The standard InChI is InChI=1S/C17H25NO/c1-13-5-6-15(19-3)14(9-13)17(12-18-2)10-16(11-17)7-4-8-16/h5-6,9,18H,4,7-8,10-12H2,1-3H3. The molecule has 0 amide bonds. The van der Waals surface area contributed by atoms with Crippen LogP contribution in [0.15, 0.2) is 18.2 Å². The van der Waals surface area contributed by atoms with Gasteiger partial charge in [-0.2, -0.15) is 0 Å². The first-order valence-electron chi connectivity index (χ1n) is 7.43. The van der Waals surface area contributed by atoms with Gasteiger partial charge in [-0.05, 0) is 51.1 Å². The first-order chi connectivity index (χ1) is 9.13. The van der Waals surface area contributed by atoms with Crippen molar-refractivity contribution in [2.75, 3.05) is 20.7 Å². The van der Waals surface area contributed by atoms with E-state index in [9.17, 15) is 0 Å². The molecule has 0 aliphatic heterocycles. The summed E-state index contributed by atoms with van der Waals surface area (Å²) in [5.74, 6) is 1.06. The van der Waals surface area contributed by atoms with E-state index in [0.29, 0.717) is 10.8 Å². The van der Waals surface area contributed by atoms with E-state index in [1.54, 1.807) is 7.11 Å². The highest BCUT2D eigenvalue weighted by Crippen LogP contribution is 2.65. The Balaban J connectivity index is 1.94. The first kappa shape index (κ1) is 13.0. The van der Waals surface area contributed by atoms with Gasteiger partial charge < -0.3 is 10.1 Å². The highest BCUT2D eigenvalue weighted by molar-refractivity contribution is 5.45. The van der Waals surface area contributed by atoms with Gasteiger partial charge >= 0.3 is 0 Å². The van der Waals surface area contributed by atoms with Crippen LogP contribution >= 0.6 is 0 Å². The molecule has 0 radical (unpaired) electrons. The minimum absolute atomic E-state index is 0.298. The Hall–Kier alpha value is -1.02. The maximum absolute atomic E-state index is 5.62. The van der Waals surface area contributed by atoms with E-state index in [2.05, 4.69) is 37.5 Å². The molecule has 0 heterocycles. The fraction of sp³-hybridized carbons (Fsp3) is 0.647. The molecular formula is C17H25NO. The van der Waals surface area contributed by atoms with Gasteiger partial charge in [0.25, 0.3) is 0 Å². The van der Waals surface area contributed by atoms with Crippen molar-refractivity contribution in [2.45, 2.75) is 44.4 Å². The van der Waals surface area contributed by atoms with Crippen LogP contribution in [0.2, 0.25) is 0 Å². The highest BCUT2D eigenvalue weighted by atomic mass is 16.5. The number of aryl methyl sites for hydroxylation is 1. The fourth-order valence-corrected chi connectivity index (χ4v) is 4.40. The number of methoxy groups -OCH3 is 1. The summed E-state index contributed by atoms with van der Waals surface area (Å²) in [7, 11) is 3.86. The molecule has 1 aromatic carbocycles. The topological polar surface area (TPSA) is 21.3 Å². The summed E-state index contributed by atoms with van der Waals surface area (Å²) < 4.78 is 5.62. The van der Waals surface area contributed by atoms with Crippen molar-refractivity contribution in [1.82, 2.24) is 5.32 Å². The van der Waals surface area contributed by atoms with Crippen LogP contribution in [0.5, 0.6) is 5.75 Å². The largest absolute Gasteiger partial charge is 0.496 e. The number of likely N-dealkylation sites (N-methyl/N-ethyl adjacent to an activating group) is 1. The summed E-state index contributed by atoms with van der Waals surface area (Å²) in [6.07, 6.45) is 6.97. The predicted octanol–water partition coefficient (Wildman–Crippen LogP) is 3.42. The second-order valence-electron chi connectivity index (χ2n) is 6.72. The summed E-state index contributed by atoms with van der Waals surface area (Å²) >= 11 is 0. The fourth-order valence-electron chi connectivity index (χ4n) is 4.40. The lowest BCUT2D eigenvalue weighted by atomic mass is 9.43. The molecule has 0 bridgehead atoms. The smallest absolute Gasteiger partial charge is 0.122 e. The van der Waals surface area contributed by atoms with E-state index in [4.69, 9.17) is 4.74 Å². The Morgan fingerprint density at radius 1 is 1.26 bits per heavy atom. The van der Waals surface area contributed by atoms with Gasteiger partial charge in [-0.25, -0.2) is 0 Å². The SMILES string of the molecule is CNCC1(c2cc(C)ccc2OC)CC2(CCC2)C1. The molecule has 0 saturated heterocycles. The Morgan fingerprint density at radius 2 is 2.00 bits per heavy atom. The average molecular weight is 259 g/mol. The lowest BCUT2D eigenvalue weighted by molar-refractivity contribution is -0.0483. The summed E-state index contributed by atoms with van der Waals surface area (Å²) in [6, 6.07) is 6.61. The van der Waals surface area contributed by atoms with Crippen LogP contribution in [0.25, 0.3) is 0 Å². The molecule has 1 N–H and O–H groups in total. The van der Waals surface area contributed by atoms with E-state index in [1.165, 1.54) is 43.2 Å². The normalized spacial score (nSPS) is 22.7. The summed E-state index contributed by atoms with van der Waals surface area (Å²) in [5, 5.41) is 3.41. The zero-order valence-electron chi connectivity index (χ0n) is 12.4. The van der Waals surface area contributed by atoms with E-state index in [1.807, 2.05) is 0 Å². The second kappa shape index (κ2) is 4.52. The predicted molar refractivity (Wildman–Crippen MR) is 78.9 cm³/mol. The highest BCUT2D eigenvalue weighted by Gasteiger charge is 2.57. The number of hydrogen-bond donors (Lipinski definition) is 1. The lowest BCUT2D eigenvalue weighted by Gasteiger charge is -2.61. The van der Waals surface area contributed by atoms with Crippen molar-refractivity contribution < 1.29 is 4.74 Å². The Bertz CT molecular complexity index is 468. The van der Waals surface area contributed by atoms with Gasteiger partial charge in [0.15, 0.2) is 0 Å². The molecule has 1 aromatic rings. The second-order valence-corrected chi connectivity index (χ2v) is 6.72. The van der Waals surface area contributed by atoms with Crippen LogP contribution in [-0.4, -0.2) is 20.7 Å². The van der Waals surface area contributed by atoms with Gasteiger partial charge in [-0.3, -0.25) is 0 Å². The van der Waals surface area contributed by atoms with Gasteiger partial charge in [0.2, 0.25) is 0 Å². The molecule has 0 aromatic heterocycles. The Morgan fingerprint density at radius 3 is 2.53 bits per heavy atom. The molecule has 19 heavy (non-hydrogen) atoms. The molecule has 3 rings (SSSR count). The average Bonchev–Trinajstić information content (AvgIpc) is 2.31. The van der Waals surface area contributed by atoms with E-state index < -0.39 is 0 Å². The quantitative estimate of drug-likeness (QED) is 0.894. The molecule has 0 atom stereocenters. The van der Waals surface area contributed by atoms with Crippen LogP contribution < -0.4 is 10.1 Å². The molecule has 2 aliphatic rings. The molecule has 2 aliphatic carbocycles. The van der Waals surface area contributed by atoms with Crippen molar-refractivity contribution in [1.29, 1.82) is 0 Å². The number of nitrogens with one attached hydrogen (secondary N) is 1. The van der Waals surface area contributed by atoms with Gasteiger partial charge in [0, 0.05) is 17.5 Å². The van der Waals surface area contributed by atoms with Gasteiger partial charge in [-0.15, -0.1) is 0 Å². The third kappa shape index (κ3) is 1.97. The Labute approximate surface area is 116 Å². The maximum Gasteiger partial charge on any atom is 0.122 e. The minimum Gasteiger partial charge on any atom is -0.496 e. The third-order valence-corrected chi connectivity index (χ3v) is 5.28. The van der Waals surface area contributed by atoms with Crippen LogP contribution in [-0.2, 0) is 5.41 Å². The van der Waals surface area contributed by atoms with Crippen LogP contribution in [0, 0.1) is 12.3 Å². The minimum atomic E-state index is 0.298. The summed E-state index contributed by atoms with van der Waals surface area (Å²) in [4.78, 5) is 0. The van der Waals surface area contributed by atoms with E-state index in [-0.39, 0.29) is 0 Å². The van der Waals surface area contributed by atoms with Crippen molar-refractivity contribution in [3.05, 3.63) is 29.3 Å². The van der Waals surface area contributed by atoms with Crippen LogP contribution in [0.4, 0.5) is 0 Å². The van der Waals surface area contributed by atoms with Gasteiger partial charge in [0.1, 0.15) is 5.75 Å². The summed E-state index contributed by atoms with van der Waals surface area (Å²) in [5.41, 5.74) is 3.72. The zero-order chi connectivity index (χ0) is 13.5. The zero-order valence-corrected chi connectivity index (χ0v) is 12.4. The molecule has 0 unspecified atom stereocenters. The van der Waals surface area contributed by atoms with Gasteiger partial charge in [-0.1, -0.05) is 24.1 Å². The number of rotatable bonds is 4. The van der Waals surface area contributed by atoms with Crippen LogP contribution in [0.1, 0.15) is 43.2 Å². The molecule has 2 fully saturated rings. The van der Waals surface area contributed by atoms with Crippen molar-refractivity contribution in [3.63, 3.8) is 0 Å². The number of hydrogen-bond acceptors (Lipinski definition) is 2. The monoisotopic (exact) mass is 259 g/mol. The van der Waals surface area contributed by atoms with Crippen molar-refractivity contribution in [3.8, 4) is 5.75 Å². The lowest BCUT2D eigenvalue weighted by Crippen LogP contribution is -2.57. The molecule has 1 spiro atoms. The molecule has 2 saturated carbocycles. The molecular weight excluding hydrogens is 234 g/mol. The van der Waals surface area contributed by atoms with E-state index >= 15 is 0 Å². The summed E-state index contributed by atoms with van der Waals surface area (Å²) in [6.45, 7) is 3.24. The first-order valence-corrected chi connectivity index (χ1v) is 7.43. The maximum atomic E-state index is 5.62. The van der Waals surface area contributed by atoms with Crippen LogP contribution in [0.3, 0.4) is 0 Å². The molecule has 2 nitrogen and oxygen atoms in total. The number of ether oxygens (including phenoxy) is 1.